The molecule has 1 N–H and O–H groups in total. The summed E-state index contributed by atoms with van der Waals surface area (Å²) in [7, 11) is 2.96. The molecule has 3 aromatic rings. The number of ether oxygens (including phenoxy) is 6. The van der Waals surface area contributed by atoms with E-state index in [1.54, 1.807) is 39.0 Å². The number of hydrogen-bond donors (Lipinski definition) is 1. The van der Waals surface area contributed by atoms with Crippen LogP contribution in [0.1, 0.15) is 98.7 Å². The standard InChI is InChI=1S/C40H48N2O12/c1-24-18-30(19-25(2)36(24)51-23-49-8)37(45)41-32-21-42(54-39(47)53-40(4,5)6)17-9-10-34(32)52-38(46)28-13-11-27(12-14-28)35(44)31-20-29(26(3)43)15-16-33(31)50-22-48-7/h11-16,18-20,32,34H,9-10,17,21-23H2,1-8H3,(H,41,45)/t32-,34-/m1/s1. The molecule has 3 aromatic carbocycles. The smallest absolute Gasteiger partial charge is 0.467 e. The number of hydroxylamine groups is 2. The number of benzene rings is 3. The van der Waals surface area contributed by atoms with E-state index in [2.05, 4.69) is 5.32 Å². The Balaban J connectivity index is 1.56. The summed E-state index contributed by atoms with van der Waals surface area (Å²) in [4.78, 5) is 70.9. The number of Topliss-reactive ketones (excluding diaryl/α,β-unsaturated/α-hetero) is 1. The number of aryl methyl sites for hydroxylation is 2. The van der Waals surface area contributed by atoms with Crippen molar-refractivity contribution >= 4 is 29.6 Å². The van der Waals surface area contributed by atoms with E-state index in [1.165, 1.54) is 62.6 Å². The lowest BCUT2D eigenvalue weighted by molar-refractivity contribution is -0.144. The summed E-state index contributed by atoms with van der Waals surface area (Å²) in [5, 5.41) is 4.37. The summed E-state index contributed by atoms with van der Waals surface area (Å²) < 4.78 is 32.6. The van der Waals surface area contributed by atoms with Crippen molar-refractivity contribution in [2.75, 3.05) is 40.9 Å². The molecule has 54 heavy (non-hydrogen) atoms. The number of ketones is 2. The first kappa shape index (κ1) is 41.4. The third-order valence-electron chi connectivity index (χ3n) is 8.30. The minimum Gasteiger partial charge on any atom is -0.467 e. The molecule has 0 aliphatic carbocycles. The minimum absolute atomic E-state index is 0.00380. The van der Waals surface area contributed by atoms with Gasteiger partial charge in [-0.2, -0.15) is 0 Å². The fourth-order valence-corrected chi connectivity index (χ4v) is 5.81. The first-order valence-electron chi connectivity index (χ1n) is 17.4. The molecule has 4 rings (SSSR count). The molecule has 290 valence electrons. The molecule has 2 atom stereocenters. The highest BCUT2D eigenvalue weighted by molar-refractivity contribution is 6.12. The molecule has 1 heterocycles. The van der Waals surface area contributed by atoms with Crippen molar-refractivity contribution in [2.45, 2.75) is 72.1 Å². The Bertz CT molecular complexity index is 1810. The largest absolute Gasteiger partial charge is 0.528 e. The molecule has 1 saturated heterocycles. The maximum absolute atomic E-state index is 13.7. The van der Waals surface area contributed by atoms with Crippen molar-refractivity contribution in [3.05, 3.63) is 93.5 Å². The Hall–Kier alpha value is -5.31. The van der Waals surface area contributed by atoms with Crippen molar-refractivity contribution in [1.82, 2.24) is 10.4 Å². The molecule has 1 aliphatic heterocycles. The Labute approximate surface area is 314 Å². The second kappa shape index (κ2) is 18.6. The van der Waals surface area contributed by atoms with Crippen LogP contribution in [0.15, 0.2) is 54.6 Å². The second-order valence-corrected chi connectivity index (χ2v) is 13.8. The van der Waals surface area contributed by atoms with Crippen LogP contribution in [0.2, 0.25) is 0 Å². The number of nitrogens with one attached hydrogen (secondary N) is 1. The molecule has 0 radical (unpaired) electrons. The Morgan fingerprint density at radius 3 is 2.04 bits per heavy atom. The van der Waals surface area contributed by atoms with E-state index in [0.29, 0.717) is 36.3 Å². The van der Waals surface area contributed by atoms with Gasteiger partial charge in [-0.05, 0) is 108 Å². The van der Waals surface area contributed by atoms with Crippen LogP contribution in [0.5, 0.6) is 11.5 Å². The SMILES string of the molecule is COCOc1ccc(C(C)=O)cc1C(=O)c1ccc(C(=O)O[C@@H]2CCCN(OC(=O)OC(C)(C)C)C[C@H]2NC(=O)c2cc(C)c(OCOC)c(C)c2)cc1. The molecule has 1 amide bonds. The van der Waals surface area contributed by atoms with Crippen molar-refractivity contribution < 1.29 is 57.2 Å². The van der Waals surface area contributed by atoms with Crippen LogP contribution in [-0.4, -0.2) is 93.3 Å². The number of esters is 1. The van der Waals surface area contributed by atoms with Gasteiger partial charge in [-0.3, -0.25) is 14.4 Å². The third-order valence-corrected chi connectivity index (χ3v) is 8.30. The van der Waals surface area contributed by atoms with Crippen LogP contribution >= 0.6 is 0 Å². The van der Waals surface area contributed by atoms with Crippen molar-refractivity contribution in [1.29, 1.82) is 0 Å². The summed E-state index contributed by atoms with van der Waals surface area (Å²) in [6.07, 6.45) is -0.936. The maximum atomic E-state index is 13.7. The van der Waals surface area contributed by atoms with Gasteiger partial charge >= 0.3 is 12.1 Å². The molecular formula is C40H48N2O12. The molecular weight excluding hydrogens is 700 g/mol. The molecule has 0 saturated carbocycles. The first-order chi connectivity index (χ1) is 25.6. The highest BCUT2D eigenvalue weighted by Gasteiger charge is 2.34. The maximum Gasteiger partial charge on any atom is 0.528 e. The van der Waals surface area contributed by atoms with Gasteiger partial charge in [0.25, 0.3) is 5.91 Å². The van der Waals surface area contributed by atoms with Crippen LogP contribution < -0.4 is 14.8 Å². The van der Waals surface area contributed by atoms with Gasteiger partial charge in [0.2, 0.25) is 0 Å². The third kappa shape index (κ3) is 11.3. The monoisotopic (exact) mass is 748 g/mol. The van der Waals surface area contributed by atoms with Crippen LogP contribution in [0.25, 0.3) is 0 Å². The quantitative estimate of drug-likeness (QED) is 0.116. The van der Waals surface area contributed by atoms with E-state index >= 15 is 0 Å². The summed E-state index contributed by atoms with van der Waals surface area (Å²) in [5.74, 6) is -0.928. The Kier molecular flexibility index (Phi) is 14.3. The highest BCUT2D eigenvalue weighted by Crippen LogP contribution is 2.27. The van der Waals surface area contributed by atoms with Crippen LogP contribution in [0.3, 0.4) is 0 Å². The molecule has 14 heteroatoms. The number of rotatable bonds is 14. The van der Waals surface area contributed by atoms with Crippen molar-refractivity contribution in [3.8, 4) is 11.5 Å². The lowest BCUT2D eigenvalue weighted by Gasteiger charge is -2.29. The van der Waals surface area contributed by atoms with Gasteiger partial charge in [-0.1, -0.05) is 12.1 Å². The van der Waals surface area contributed by atoms with Gasteiger partial charge in [0.15, 0.2) is 25.2 Å². The molecule has 0 aromatic heterocycles. The normalized spacial score (nSPS) is 16.1. The Morgan fingerprint density at radius 2 is 1.43 bits per heavy atom. The van der Waals surface area contributed by atoms with Gasteiger partial charge in [-0.15, -0.1) is 5.06 Å². The second-order valence-electron chi connectivity index (χ2n) is 13.8. The van der Waals surface area contributed by atoms with E-state index in [-0.39, 0.29) is 48.4 Å². The summed E-state index contributed by atoms with van der Waals surface area (Å²) in [5.41, 5.74) is 1.92. The molecule has 14 nitrogen and oxygen atoms in total. The van der Waals surface area contributed by atoms with E-state index in [1.807, 2.05) is 13.8 Å². The van der Waals surface area contributed by atoms with Crippen LogP contribution in [0.4, 0.5) is 4.79 Å². The van der Waals surface area contributed by atoms with E-state index in [0.717, 1.165) is 11.1 Å². The van der Waals surface area contributed by atoms with Crippen LogP contribution in [0, 0.1) is 13.8 Å². The average Bonchev–Trinajstić information content (AvgIpc) is 3.29. The van der Waals surface area contributed by atoms with Crippen molar-refractivity contribution in [2.24, 2.45) is 0 Å². The predicted octanol–water partition coefficient (Wildman–Crippen LogP) is 5.99. The lowest BCUT2D eigenvalue weighted by Crippen LogP contribution is -2.50. The number of amides is 1. The molecule has 1 aliphatic rings. The van der Waals surface area contributed by atoms with Crippen LogP contribution in [-0.2, 0) is 23.8 Å². The molecule has 0 unspecified atom stereocenters. The number of nitrogens with zero attached hydrogens (tertiary/aromatic N) is 1. The molecule has 0 bridgehead atoms. The number of hydrogen-bond acceptors (Lipinski definition) is 13. The number of carbonyl (C=O) groups excluding carboxylic acids is 5. The summed E-state index contributed by atoms with van der Waals surface area (Å²) >= 11 is 0. The zero-order valence-electron chi connectivity index (χ0n) is 31.9. The highest BCUT2D eigenvalue weighted by atomic mass is 16.8. The van der Waals surface area contributed by atoms with Gasteiger partial charge < -0.3 is 38.6 Å². The topological polar surface area (TPSA) is 165 Å². The first-order valence-corrected chi connectivity index (χ1v) is 17.4. The van der Waals surface area contributed by atoms with Gasteiger partial charge in [-0.25, -0.2) is 9.59 Å². The predicted molar refractivity (Wildman–Crippen MR) is 196 cm³/mol. The van der Waals surface area contributed by atoms with Gasteiger partial charge in [0.05, 0.1) is 23.7 Å². The average molecular weight is 749 g/mol. The minimum atomic E-state index is -0.902. The molecule has 0 spiro atoms. The zero-order chi connectivity index (χ0) is 39.6. The lowest BCUT2D eigenvalue weighted by atomic mass is 9.98. The van der Waals surface area contributed by atoms with E-state index < -0.39 is 41.6 Å². The number of methoxy groups -OCH3 is 2. The zero-order valence-corrected chi connectivity index (χ0v) is 31.9. The fourth-order valence-electron chi connectivity index (χ4n) is 5.81. The van der Waals surface area contributed by atoms with Gasteiger partial charge in [0.1, 0.15) is 23.2 Å². The van der Waals surface area contributed by atoms with Gasteiger partial charge in [0, 0.05) is 37.5 Å². The van der Waals surface area contributed by atoms with E-state index in [9.17, 15) is 24.0 Å². The summed E-state index contributed by atoms with van der Waals surface area (Å²) in [6.45, 7) is 10.4. The number of carbonyl (C=O) groups is 5. The molecule has 1 fully saturated rings. The van der Waals surface area contributed by atoms with Crippen molar-refractivity contribution in [3.63, 3.8) is 0 Å². The Morgan fingerprint density at radius 1 is 0.815 bits per heavy atom. The fraction of sp³-hybridized carbons (Fsp3) is 0.425. The summed E-state index contributed by atoms with van der Waals surface area (Å²) in [6, 6.07) is 13.0. The van der Waals surface area contributed by atoms with E-state index in [4.69, 9.17) is 33.3 Å².